The molecule has 1 atom stereocenters. The van der Waals surface area contributed by atoms with Crippen molar-refractivity contribution in [2.24, 2.45) is 0 Å². The molecular weight excluding hydrogens is 295 g/mol. The van der Waals surface area contributed by atoms with Gasteiger partial charge < -0.3 is 10.1 Å². The number of ether oxygens (including phenoxy) is 1. The van der Waals surface area contributed by atoms with Crippen LogP contribution < -0.4 is 10.6 Å². The first-order valence-corrected chi connectivity index (χ1v) is 8.31. The van der Waals surface area contributed by atoms with Gasteiger partial charge in [0.2, 0.25) is 0 Å². The Morgan fingerprint density at radius 1 is 1.30 bits per heavy atom. The summed E-state index contributed by atoms with van der Waals surface area (Å²) in [6.07, 6.45) is 3.69. The Bertz CT molecular complexity index is 512. The molecule has 130 valence electrons. The number of halogens is 1. The maximum Gasteiger partial charge on any atom is 0.412 e. The van der Waals surface area contributed by atoms with Crippen molar-refractivity contribution in [2.45, 2.75) is 71.9 Å². The first-order valence-electron chi connectivity index (χ1n) is 8.31. The largest absolute Gasteiger partial charge is 0.444 e. The van der Waals surface area contributed by atoms with Crippen LogP contribution >= 0.6 is 0 Å². The molecule has 23 heavy (non-hydrogen) atoms. The number of hydrogen-bond acceptors (Lipinski definition) is 3. The quantitative estimate of drug-likeness (QED) is 0.691. The summed E-state index contributed by atoms with van der Waals surface area (Å²) in [6.45, 7) is 9.58. The molecule has 0 bridgehead atoms. The van der Waals surface area contributed by atoms with Crippen molar-refractivity contribution in [3.63, 3.8) is 0 Å². The van der Waals surface area contributed by atoms with Crippen molar-refractivity contribution in [3.05, 3.63) is 24.0 Å². The molecule has 0 heterocycles. The van der Waals surface area contributed by atoms with Gasteiger partial charge in [0, 0.05) is 11.7 Å². The summed E-state index contributed by atoms with van der Waals surface area (Å²) in [6, 6.07) is 4.98. The van der Waals surface area contributed by atoms with E-state index < -0.39 is 17.5 Å². The zero-order valence-corrected chi connectivity index (χ0v) is 14.8. The average Bonchev–Trinajstić information content (AvgIpc) is 2.44. The normalized spacial score (nSPS) is 12.6. The molecular formula is C18H29FN2O2. The summed E-state index contributed by atoms with van der Waals surface area (Å²) >= 11 is 0. The Kier molecular flexibility index (Phi) is 7.33. The van der Waals surface area contributed by atoms with Crippen LogP contribution in [0.1, 0.15) is 60.3 Å². The number of unbranched alkanes of at least 4 members (excludes halogenated alkanes) is 1. The molecule has 1 aromatic carbocycles. The third-order valence-corrected chi connectivity index (χ3v) is 3.37. The molecule has 1 aromatic rings. The van der Waals surface area contributed by atoms with E-state index in [4.69, 9.17) is 4.74 Å². The van der Waals surface area contributed by atoms with Crippen LogP contribution in [0.3, 0.4) is 0 Å². The van der Waals surface area contributed by atoms with E-state index in [1.165, 1.54) is 6.07 Å². The predicted molar refractivity (Wildman–Crippen MR) is 93.5 cm³/mol. The fourth-order valence-electron chi connectivity index (χ4n) is 2.19. The van der Waals surface area contributed by atoms with Crippen LogP contribution in [0.25, 0.3) is 0 Å². The Balaban J connectivity index is 2.76. The molecule has 0 fully saturated rings. The molecule has 4 nitrogen and oxygen atoms in total. The fraction of sp³-hybridized carbons (Fsp3) is 0.611. The lowest BCUT2D eigenvalue weighted by Crippen LogP contribution is -2.27. The summed E-state index contributed by atoms with van der Waals surface area (Å²) < 4.78 is 19.0. The summed E-state index contributed by atoms with van der Waals surface area (Å²) in [5.41, 5.74) is 0.291. The Hall–Kier alpha value is -1.78. The zero-order valence-electron chi connectivity index (χ0n) is 14.8. The Morgan fingerprint density at radius 3 is 2.57 bits per heavy atom. The molecule has 1 amide bonds. The highest BCUT2D eigenvalue weighted by Crippen LogP contribution is 2.22. The van der Waals surface area contributed by atoms with E-state index in [1.54, 1.807) is 32.9 Å². The van der Waals surface area contributed by atoms with E-state index in [2.05, 4.69) is 24.5 Å². The molecule has 1 unspecified atom stereocenters. The molecule has 0 spiro atoms. The molecule has 5 heteroatoms. The van der Waals surface area contributed by atoms with Crippen molar-refractivity contribution >= 4 is 17.5 Å². The van der Waals surface area contributed by atoms with Crippen LogP contribution in [0.2, 0.25) is 0 Å². The fourth-order valence-corrected chi connectivity index (χ4v) is 2.19. The summed E-state index contributed by atoms with van der Waals surface area (Å²) in [7, 11) is 0. The predicted octanol–water partition coefficient (Wildman–Crippen LogP) is 5.55. The van der Waals surface area contributed by atoms with Crippen molar-refractivity contribution in [1.29, 1.82) is 0 Å². The van der Waals surface area contributed by atoms with Crippen LogP contribution in [-0.2, 0) is 4.74 Å². The highest BCUT2D eigenvalue weighted by molar-refractivity contribution is 5.85. The van der Waals surface area contributed by atoms with Crippen LogP contribution in [0.4, 0.5) is 20.6 Å². The van der Waals surface area contributed by atoms with Gasteiger partial charge >= 0.3 is 6.09 Å². The second kappa shape index (κ2) is 8.75. The second-order valence-electron chi connectivity index (χ2n) is 6.71. The van der Waals surface area contributed by atoms with E-state index in [-0.39, 0.29) is 5.69 Å². The van der Waals surface area contributed by atoms with Crippen LogP contribution in [0.5, 0.6) is 0 Å². The van der Waals surface area contributed by atoms with Gasteiger partial charge in [0.1, 0.15) is 11.4 Å². The number of hydrogen-bond donors (Lipinski definition) is 2. The van der Waals surface area contributed by atoms with Gasteiger partial charge in [0.25, 0.3) is 0 Å². The minimum Gasteiger partial charge on any atom is -0.444 e. The Labute approximate surface area is 138 Å². The molecule has 0 aliphatic rings. The highest BCUT2D eigenvalue weighted by atomic mass is 19.1. The van der Waals surface area contributed by atoms with E-state index in [0.29, 0.717) is 6.04 Å². The van der Waals surface area contributed by atoms with Crippen LogP contribution in [0.15, 0.2) is 18.2 Å². The first-order chi connectivity index (χ1) is 10.7. The summed E-state index contributed by atoms with van der Waals surface area (Å²) in [5.74, 6) is -0.483. The summed E-state index contributed by atoms with van der Waals surface area (Å²) in [4.78, 5) is 11.8. The lowest BCUT2D eigenvalue weighted by Gasteiger charge is -2.21. The zero-order chi connectivity index (χ0) is 17.5. The van der Waals surface area contributed by atoms with Gasteiger partial charge in [-0.15, -0.1) is 0 Å². The number of amides is 1. The van der Waals surface area contributed by atoms with Gasteiger partial charge in [-0.1, -0.05) is 26.7 Å². The SMILES string of the molecule is CCCCC(CC)Nc1ccc(F)c(NC(=O)OC(C)(C)C)c1. The molecule has 2 N–H and O–H groups in total. The smallest absolute Gasteiger partial charge is 0.412 e. The van der Waals surface area contributed by atoms with E-state index in [9.17, 15) is 9.18 Å². The topological polar surface area (TPSA) is 50.4 Å². The van der Waals surface area contributed by atoms with Crippen molar-refractivity contribution < 1.29 is 13.9 Å². The van der Waals surface area contributed by atoms with Crippen molar-refractivity contribution in [3.8, 4) is 0 Å². The molecule has 0 aliphatic heterocycles. The van der Waals surface area contributed by atoms with E-state index in [1.807, 2.05) is 0 Å². The van der Waals surface area contributed by atoms with E-state index in [0.717, 1.165) is 31.4 Å². The lowest BCUT2D eigenvalue weighted by molar-refractivity contribution is 0.0635. The average molecular weight is 324 g/mol. The number of carbonyl (C=O) groups excluding carboxylic acids is 1. The van der Waals surface area contributed by atoms with Gasteiger partial charge in [0.05, 0.1) is 5.69 Å². The van der Waals surface area contributed by atoms with Gasteiger partial charge in [-0.05, 0) is 51.8 Å². The molecule has 0 saturated heterocycles. The molecule has 0 aromatic heterocycles. The third kappa shape index (κ3) is 7.35. The number of anilines is 2. The number of carbonyl (C=O) groups is 1. The van der Waals surface area contributed by atoms with Gasteiger partial charge in [-0.25, -0.2) is 9.18 Å². The number of nitrogens with one attached hydrogen (secondary N) is 2. The third-order valence-electron chi connectivity index (χ3n) is 3.37. The first kappa shape index (κ1) is 19.3. The molecule has 1 rings (SSSR count). The van der Waals surface area contributed by atoms with Crippen LogP contribution in [-0.4, -0.2) is 17.7 Å². The van der Waals surface area contributed by atoms with Crippen molar-refractivity contribution in [2.75, 3.05) is 10.6 Å². The Morgan fingerprint density at radius 2 is 2.00 bits per heavy atom. The van der Waals surface area contributed by atoms with Crippen LogP contribution in [0, 0.1) is 5.82 Å². The minimum atomic E-state index is -0.661. The monoisotopic (exact) mass is 324 g/mol. The molecule has 0 saturated carbocycles. The number of rotatable bonds is 7. The maximum atomic E-state index is 13.9. The lowest BCUT2D eigenvalue weighted by atomic mass is 10.1. The highest BCUT2D eigenvalue weighted by Gasteiger charge is 2.17. The van der Waals surface area contributed by atoms with E-state index >= 15 is 0 Å². The van der Waals surface area contributed by atoms with Crippen molar-refractivity contribution in [1.82, 2.24) is 0 Å². The number of benzene rings is 1. The summed E-state index contributed by atoms with van der Waals surface area (Å²) in [5, 5.41) is 5.86. The second-order valence-corrected chi connectivity index (χ2v) is 6.71. The molecule has 0 radical (unpaired) electrons. The maximum absolute atomic E-state index is 13.9. The minimum absolute atomic E-state index is 0.120. The van der Waals surface area contributed by atoms with Gasteiger partial charge in [-0.3, -0.25) is 5.32 Å². The van der Waals surface area contributed by atoms with Gasteiger partial charge in [-0.2, -0.15) is 0 Å². The molecule has 0 aliphatic carbocycles. The van der Waals surface area contributed by atoms with Gasteiger partial charge in [0.15, 0.2) is 0 Å². The standard InChI is InChI=1S/C18H29FN2O2/c1-6-8-9-13(7-2)20-14-10-11-15(19)16(12-14)21-17(22)23-18(3,4)5/h10-13,20H,6-9H2,1-5H3,(H,21,22).